The van der Waals surface area contributed by atoms with Crippen LogP contribution in [0.4, 0.5) is 0 Å². The lowest BCUT2D eigenvalue weighted by molar-refractivity contribution is 0.460. The fourth-order valence-corrected chi connectivity index (χ4v) is 2.56. The highest BCUT2D eigenvalue weighted by atomic mass is 79.9. The van der Waals surface area contributed by atoms with Crippen molar-refractivity contribution >= 4 is 15.9 Å². The molecule has 0 bridgehead atoms. The van der Waals surface area contributed by atoms with E-state index in [0.717, 1.165) is 29.6 Å². The van der Waals surface area contributed by atoms with E-state index in [2.05, 4.69) is 46.5 Å². The third-order valence-corrected chi connectivity index (χ3v) is 3.80. The third-order valence-electron chi connectivity index (χ3n) is 2.77. The Bertz CT molecular complexity index is 344. The normalized spacial score (nSPS) is 15.1. The van der Waals surface area contributed by atoms with Gasteiger partial charge in [-0.2, -0.15) is 5.10 Å². The number of nitrogens with two attached hydrogens (primary N) is 1. The van der Waals surface area contributed by atoms with Gasteiger partial charge in [-0.25, -0.2) is 0 Å². The molecule has 1 aromatic heterocycles. The molecule has 0 spiro atoms. The minimum atomic E-state index is 0.271. The van der Waals surface area contributed by atoms with Gasteiger partial charge < -0.3 is 5.73 Å². The Labute approximate surface area is 107 Å². The molecule has 2 unspecified atom stereocenters. The van der Waals surface area contributed by atoms with Crippen molar-refractivity contribution in [3.63, 3.8) is 0 Å². The second kappa shape index (κ2) is 5.82. The zero-order valence-electron chi connectivity index (χ0n) is 10.6. The molecule has 16 heavy (non-hydrogen) atoms. The second-order valence-corrected chi connectivity index (χ2v) is 5.48. The van der Waals surface area contributed by atoms with Gasteiger partial charge in [0.15, 0.2) is 0 Å². The first-order chi connectivity index (χ1) is 7.45. The molecule has 0 radical (unpaired) electrons. The van der Waals surface area contributed by atoms with Crippen molar-refractivity contribution < 1.29 is 0 Å². The van der Waals surface area contributed by atoms with Crippen molar-refractivity contribution in [2.75, 3.05) is 0 Å². The van der Waals surface area contributed by atoms with Crippen LogP contribution in [-0.2, 0) is 13.0 Å². The Hall–Kier alpha value is -0.350. The highest BCUT2D eigenvalue weighted by Crippen LogP contribution is 2.24. The predicted octanol–water partition coefficient (Wildman–Crippen LogP) is 2.89. The third kappa shape index (κ3) is 3.32. The molecule has 0 fully saturated rings. The second-order valence-electron chi connectivity index (χ2n) is 4.68. The number of nitrogens with zero attached hydrogens (tertiary/aromatic N) is 2. The van der Waals surface area contributed by atoms with E-state index in [1.165, 1.54) is 5.69 Å². The molecule has 3 nitrogen and oxygen atoms in total. The van der Waals surface area contributed by atoms with Crippen LogP contribution in [-0.4, -0.2) is 15.8 Å². The Morgan fingerprint density at radius 2 is 2.06 bits per heavy atom. The molecule has 2 N–H and O–H groups in total. The summed E-state index contributed by atoms with van der Waals surface area (Å²) in [6.07, 6.45) is 2.09. The van der Waals surface area contributed by atoms with Crippen molar-refractivity contribution in [3.05, 3.63) is 15.9 Å². The summed E-state index contributed by atoms with van der Waals surface area (Å²) in [6, 6.07) is 0.271. The Morgan fingerprint density at radius 1 is 1.44 bits per heavy atom. The van der Waals surface area contributed by atoms with Gasteiger partial charge in [0.05, 0.1) is 15.9 Å². The number of aryl methyl sites for hydroxylation is 2. The number of aromatic nitrogens is 2. The van der Waals surface area contributed by atoms with Gasteiger partial charge in [-0.05, 0) is 55.5 Å². The highest BCUT2D eigenvalue weighted by molar-refractivity contribution is 9.10. The number of halogens is 1. The first-order valence-electron chi connectivity index (χ1n) is 5.93. The fourth-order valence-electron chi connectivity index (χ4n) is 2.11. The number of hydrogen-bond acceptors (Lipinski definition) is 2. The van der Waals surface area contributed by atoms with Crippen molar-refractivity contribution in [2.24, 2.45) is 11.7 Å². The molecule has 1 rings (SSSR count). The predicted molar refractivity (Wildman–Crippen MR) is 71.5 cm³/mol. The average molecular weight is 288 g/mol. The van der Waals surface area contributed by atoms with E-state index in [9.17, 15) is 0 Å². The molecule has 2 atom stereocenters. The van der Waals surface area contributed by atoms with Crippen molar-refractivity contribution in [1.29, 1.82) is 0 Å². The zero-order valence-corrected chi connectivity index (χ0v) is 12.2. The van der Waals surface area contributed by atoms with Gasteiger partial charge in [-0.15, -0.1) is 0 Å². The Kier molecular flexibility index (Phi) is 4.99. The van der Waals surface area contributed by atoms with Crippen molar-refractivity contribution in [1.82, 2.24) is 9.78 Å². The summed E-state index contributed by atoms with van der Waals surface area (Å²) < 4.78 is 3.24. The first kappa shape index (κ1) is 13.7. The average Bonchev–Trinajstić information content (AvgIpc) is 2.44. The monoisotopic (exact) mass is 287 g/mol. The molecule has 0 aromatic carbocycles. The lowest BCUT2D eigenvalue weighted by Gasteiger charge is -2.15. The van der Waals surface area contributed by atoms with Crippen LogP contribution in [0.2, 0.25) is 0 Å². The maximum atomic E-state index is 5.83. The zero-order chi connectivity index (χ0) is 12.3. The summed E-state index contributed by atoms with van der Waals surface area (Å²) in [5, 5.41) is 4.50. The summed E-state index contributed by atoms with van der Waals surface area (Å²) in [5.74, 6) is 0.595. The lowest BCUT2D eigenvalue weighted by Crippen LogP contribution is -2.20. The molecule has 0 saturated carbocycles. The van der Waals surface area contributed by atoms with Crippen LogP contribution < -0.4 is 5.73 Å². The molecular formula is C12H22BrN3. The number of rotatable bonds is 5. The Morgan fingerprint density at radius 3 is 2.56 bits per heavy atom. The van der Waals surface area contributed by atoms with E-state index in [1.807, 2.05) is 6.92 Å². The van der Waals surface area contributed by atoms with Gasteiger partial charge in [0.1, 0.15) is 0 Å². The summed E-state index contributed by atoms with van der Waals surface area (Å²) in [4.78, 5) is 0. The number of hydrogen-bond donors (Lipinski definition) is 1. The van der Waals surface area contributed by atoms with Gasteiger partial charge in [0.25, 0.3) is 0 Å². The molecule has 1 heterocycles. The topological polar surface area (TPSA) is 43.8 Å². The van der Waals surface area contributed by atoms with Gasteiger partial charge in [-0.3, -0.25) is 4.68 Å². The van der Waals surface area contributed by atoms with Crippen LogP contribution in [0.15, 0.2) is 4.47 Å². The van der Waals surface area contributed by atoms with Crippen LogP contribution in [0.5, 0.6) is 0 Å². The summed E-state index contributed by atoms with van der Waals surface area (Å²) >= 11 is 3.62. The Balaban J connectivity index is 2.79. The van der Waals surface area contributed by atoms with E-state index in [-0.39, 0.29) is 6.04 Å². The van der Waals surface area contributed by atoms with Gasteiger partial charge in [0.2, 0.25) is 0 Å². The maximum absolute atomic E-state index is 5.83. The summed E-state index contributed by atoms with van der Waals surface area (Å²) in [6.45, 7) is 9.40. The minimum Gasteiger partial charge on any atom is -0.328 e. The van der Waals surface area contributed by atoms with Crippen LogP contribution in [0.3, 0.4) is 0 Å². The van der Waals surface area contributed by atoms with E-state index in [4.69, 9.17) is 5.73 Å². The minimum absolute atomic E-state index is 0.271. The molecular weight excluding hydrogens is 266 g/mol. The quantitative estimate of drug-likeness (QED) is 0.905. The smallest absolute Gasteiger partial charge is 0.0738 e. The highest BCUT2D eigenvalue weighted by Gasteiger charge is 2.15. The standard InChI is InChI=1S/C12H22BrN3/c1-5-16-11(12(13)10(4)15-16)7-8(2)6-9(3)14/h8-9H,5-7,14H2,1-4H3. The van der Waals surface area contributed by atoms with E-state index < -0.39 is 0 Å². The van der Waals surface area contributed by atoms with Crippen LogP contribution in [0.25, 0.3) is 0 Å². The molecule has 0 amide bonds. The first-order valence-corrected chi connectivity index (χ1v) is 6.72. The summed E-state index contributed by atoms with van der Waals surface area (Å²) in [7, 11) is 0. The molecule has 4 heteroatoms. The van der Waals surface area contributed by atoms with E-state index >= 15 is 0 Å². The largest absolute Gasteiger partial charge is 0.328 e. The SMILES string of the molecule is CCn1nc(C)c(Br)c1CC(C)CC(C)N. The van der Waals surface area contributed by atoms with Crippen molar-refractivity contribution in [2.45, 2.75) is 53.1 Å². The summed E-state index contributed by atoms with van der Waals surface area (Å²) in [5.41, 5.74) is 8.20. The maximum Gasteiger partial charge on any atom is 0.0738 e. The van der Waals surface area contributed by atoms with Gasteiger partial charge in [-0.1, -0.05) is 6.92 Å². The van der Waals surface area contributed by atoms with Gasteiger partial charge in [0, 0.05) is 12.6 Å². The molecule has 1 aromatic rings. The molecule has 0 aliphatic heterocycles. The fraction of sp³-hybridized carbons (Fsp3) is 0.750. The molecule has 0 aliphatic carbocycles. The molecule has 92 valence electrons. The van der Waals surface area contributed by atoms with E-state index in [0.29, 0.717) is 5.92 Å². The van der Waals surface area contributed by atoms with Gasteiger partial charge >= 0.3 is 0 Å². The lowest BCUT2D eigenvalue weighted by atomic mass is 9.98. The van der Waals surface area contributed by atoms with E-state index in [1.54, 1.807) is 0 Å². The van der Waals surface area contributed by atoms with Crippen LogP contribution in [0.1, 0.15) is 38.6 Å². The van der Waals surface area contributed by atoms with Crippen LogP contribution >= 0.6 is 15.9 Å². The van der Waals surface area contributed by atoms with Crippen LogP contribution in [0, 0.1) is 12.8 Å². The molecule has 0 saturated heterocycles. The molecule has 0 aliphatic rings. The van der Waals surface area contributed by atoms with Crippen molar-refractivity contribution in [3.8, 4) is 0 Å².